The monoisotopic (exact) mass is 168 g/mol. The van der Waals surface area contributed by atoms with Gasteiger partial charge < -0.3 is 10.2 Å². The van der Waals surface area contributed by atoms with E-state index in [9.17, 15) is 9.18 Å². The summed E-state index contributed by atoms with van der Waals surface area (Å²) in [6, 6.07) is 2.39. The topological polar surface area (TPSA) is 72.0 Å². The zero-order valence-electron chi connectivity index (χ0n) is 5.93. The van der Waals surface area contributed by atoms with Crippen LogP contribution in [0.5, 0.6) is 0 Å². The molecule has 0 radical (unpaired) electrons. The molecule has 0 bridgehead atoms. The van der Waals surface area contributed by atoms with E-state index < -0.39 is 11.6 Å². The zero-order valence-corrected chi connectivity index (χ0v) is 5.93. The van der Waals surface area contributed by atoms with Gasteiger partial charge in [0.2, 0.25) is 0 Å². The molecule has 0 saturated carbocycles. The summed E-state index contributed by atoms with van der Waals surface area (Å²) in [5.41, 5.74) is 5.78. The van der Waals surface area contributed by atoms with E-state index in [-0.39, 0.29) is 11.3 Å². The molecule has 1 aromatic carbocycles. The molecule has 0 amide bonds. The molecule has 12 heavy (non-hydrogen) atoms. The number of benzene rings is 1. The molecular formula is C7H5FN2O2. The number of nitrogens with one attached hydrogen (secondary N) is 1. The summed E-state index contributed by atoms with van der Waals surface area (Å²) in [5.74, 6) is -1.19. The Balaban J connectivity index is 2.92. The van der Waals surface area contributed by atoms with Gasteiger partial charge in [-0.25, -0.2) is 9.18 Å². The summed E-state index contributed by atoms with van der Waals surface area (Å²) in [6.45, 7) is 0. The molecule has 0 aliphatic rings. The van der Waals surface area contributed by atoms with Crippen LogP contribution in [0.1, 0.15) is 0 Å². The second-order valence-corrected chi connectivity index (χ2v) is 2.38. The van der Waals surface area contributed by atoms with Gasteiger partial charge in [-0.1, -0.05) is 0 Å². The van der Waals surface area contributed by atoms with Crippen LogP contribution in [0, 0.1) is 5.82 Å². The third-order valence-corrected chi connectivity index (χ3v) is 1.54. The Morgan fingerprint density at radius 3 is 3.00 bits per heavy atom. The van der Waals surface area contributed by atoms with E-state index in [1.165, 1.54) is 6.07 Å². The maximum atomic E-state index is 12.8. The highest BCUT2D eigenvalue weighted by Gasteiger charge is 2.05. The molecule has 4 nitrogen and oxygen atoms in total. The van der Waals surface area contributed by atoms with Crippen molar-refractivity contribution in [3.8, 4) is 0 Å². The normalized spacial score (nSPS) is 10.8. The van der Waals surface area contributed by atoms with Crippen molar-refractivity contribution in [3.05, 3.63) is 28.5 Å². The van der Waals surface area contributed by atoms with Gasteiger partial charge in [-0.15, -0.1) is 0 Å². The minimum absolute atomic E-state index is 0.0368. The number of hydrogen-bond acceptors (Lipinski definition) is 3. The Bertz CT molecular complexity index is 444. The van der Waals surface area contributed by atoms with Crippen molar-refractivity contribution in [2.75, 3.05) is 5.73 Å². The van der Waals surface area contributed by atoms with Crippen LogP contribution in [0.25, 0.3) is 11.1 Å². The van der Waals surface area contributed by atoms with E-state index in [0.29, 0.717) is 5.52 Å². The first-order chi connectivity index (χ1) is 5.66. The summed E-state index contributed by atoms with van der Waals surface area (Å²) in [7, 11) is 0. The van der Waals surface area contributed by atoms with Gasteiger partial charge in [0.05, 0.1) is 11.2 Å². The summed E-state index contributed by atoms with van der Waals surface area (Å²) in [6.07, 6.45) is 0. The number of aromatic amines is 1. The Morgan fingerprint density at radius 2 is 2.25 bits per heavy atom. The van der Waals surface area contributed by atoms with E-state index in [1.54, 1.807) is 0 Å². The predicted octanol–water partition coefficient (Wildman–Crippen LogP) is 0.842. The zero-order chi connectivity index (χ0) is 8.72. The van der Waals surface area contributed by atoms with Crippen molar-refractivity contribution < 1.29 is 8.81 Å². The minimum Gasteiger partial charge on any atom is -0.408 e. The van der Waals surface area contributed by atoms with E-state index in [2.05, 4.69) is 9.40 Å². The number of aromatic nitrogens is 1. The fraction of sp³-hybridized carbons (Fsp3) is 0. The van der Waals surface area contributed by atoms with Gasteiger partial charge >= 0.3 is 5.76 Å². The maximum absolute atomic E-state index is 12.8. The summed E-state index contributed by atoms with van der Waals surface area (Å²) < 4.78 is 17.4. The fourth-order valence-electron chi connectivity index (χ4n) is 0.987. The molecule has 0 aliphatic carbocycles. The van der Waals surface area contributed by atoms with Crippen LogP contribution < -0.4 is 11.5 Å². The summed E-state index contributed by atoms with van der Waals surface area (Å²) in [4.78, 5) is 12.9. The van der Waals surface area contributed by atoms with Crippen molar-refractivity contribution in [2.45, 2.75) is 0 Å². The number of rotatable bonds is 0. The Kier molecular flexibility index (Phi) is 1.21. The number of anilines is 1. The molecule has 2 rings (SSSR count). The van der Waals surface area contributed by atoms with E-state index in [1.807, 2.05) is 0 Å². The second-order valence-electron chi connectivity index (χ2n) is 2.38. The van der Waals surface area contributed by atoms with Gasteiger partial charge in [0.1, 0.15) is 5.82 Å². The van der Waals surface area contributed by atoms with Crippen LogP contribution in [-0.2, 0) is 0 Å². The number of halogens is 1. The van der Waals surface area contributed by atoms with Crippen LogP contribution in [-0.4, -0.2) is 4.98 Å². The average Bonchev–Trinajstić information content (AvgIpc) is 2.30. The Labute approximate surface area is 65.8 Å². The molecule has 0 unspecified atom stereocenters. The van der Waals surface area contributed by atoms with E-state index in [4.69, 9.17) is 5.73 Å². The predicted molar refractivity (Wildman–Crippen MR) is 41.2 cm³/mol. The van der Waals surface area contributed by atoms with Gasteiger partial charge in [-0.2, -0.15) is 0 Å². The lowest BCUT2D eigenvalue weighted by atomic mass is 10.3. The average molecular weight is 168 g/mol. The third-order valence-electron chi connectivity index (χ3n) is 1.54. The van der Waals surface area contributed by atoms with Gasteiger partial charge in [0, 0.05) is 12.1 Å². The van der Waals surface area contributed by atoms with Crippen molar-refractivity contribution in [2.24, 2.45) is 0 Å². The smallest absolute Gasteiger partial charge is 0.408 e. The lowest BCUT2D eigenvalue weighted by Crippen LogP contribution is -1.93. The molecule has 0 saturated heterocycles. The quantitative estimate of drug-likeness (QED) is 0.572. The van der Waals surface area contributed by atoms with Gasteiger partial charge in [0.15, 0.2) is 5.58 Å². The van der Waals surface area contributed by atoms with E-state index in [0.717, 1.165) is 6.07 Å². The maximum Gasteiger partial charge on any atom is 0.417 e. The van der Waals surface area contributed by atoms with Crippen molar-refractivity contribution in [1.29, 1.82) is 0 Å². The first-order valence-electron chi connectivity index (χ1n) is 3.24. The molecule has 0 spiro atoms. The van der Waals surface area contributed by atoms with Crippen LogP contribution in [0.15, 0.2) is 21.3 Å². The molecule has 62 valence electrons. The molecule has 5 heteroatoms. The summed E-state index contributed by atoms with van der Waals surface area (Å²) >= 11 is 0. The van der Waals surface area contributed by atoms with Crippen LogP contribution in [0.2, 0.25) is 0 Å². The summed E-state index contributed by atoms with van der Waals surface area (Å²) in [5, 5.41) is 0. The number of fused-ring (bicyclic) bond motifs is 1. The fourth-order valence-corrected chi connectivity index (χ4v) is 0.987. The highest BCUT2D eigenvalue weighted by atomic mass is 19.1. The molecule has 3 N–H and O–H groups in total. The second kappa shape index (κ2) is 2.10. The Morgan fingerprint density at radius 1 is 1.50 bits per heavy atom. The number of H-pyrrole nitrogens is 1. The molecule has 0 aliphatic heterocycles. The van der Waals surface area contributed by atoms with Crippen LogP contribution >= 0.6 is 0 Å². The highest BCUT2D eigenvalue weighted by Crippen LogP contribution is 2.17. The number of nitrogen functional groups attached to an aromatic ring is 1. The molecule has 1 heterocycles. The van der Waals surface area contributed by atoms with Gasteiger partial charge in [-0.05, 0) is 0 Å². The molecule has 2 aromatic rings. The standard InChI is InChI=1S/C7H5FN2O2/c8-3-1-5-6(2-4(3)9)12-7(11)10-5/h1-2H,9H2,(H,10,11). The molecule has 1 aromatic heterocycles. The lowest BCUT2D eigenvalue weighted by molar-refractivity contribution is 0.555. The van der Waals surface area contributed by atoms with Crippen LogP contribution in [0.3, 0.4) is 0 Å². The van der Waals surface area contributed by atoms with Crippen LogP contribution in [0.4, 0.5) is 10.1 Å². The third kappa shape index (κ3) is 0.868. The van der Waals surface area contributed by atoms with Gasteiger partial charge in [-0.3, -0.25) is 4.98 Å². The first kappa shape index (κ1) is 6.90. The lowest BCUT2D eigenvalue weighted by Gasteiger charge is -1.93. The van der Waals surface area contributed by atoms with Crippen molar-refractivity contribution >= 4 is 16.8 Å². The minimum atomic E-state index is -0.616. The van der Waals surface area contributed by atoms with Crippen molar-refractivity contribution in [1.82, 2.24) is 4.98 Å². The largest absolute Gasteiger partial charge is 0.417 e. The number of hydrogen-bond donors (Lipinski definition) is 2. The molecule has 0 fully saturated rings. The van der Waals surface area contributed by atoms with E-state index >= 15 is 0 Å². The first-order valence-corrected chi connectivity index (χ1v) is 3.24. The van der Waals surface area contributed by atoms with Gasteiger partial charge in [0.25, 0.3) is 0 Å². The Hall–Kier alpha value is -1.78. The number of oxazole rings is 1. The molecule has 0 atom stereocenters. The SMILES string of the molecule is Nc1cc2oc(=O)[nH]c2cc1F. The highest BCUT2D eigenvalue weighted by molar-refractivity contribution is 5.76. The van der Waals surface area contributed by atoms with Crippen molar-refractivity contribution in [3.63, 3.8) is 0 Å². The molecular weight excluding hydrogens is 163 g/mol. The number of nitrogens with two attached hydrogens (primary N) is 1.